The van der Waals surface area contributed by atoms with E-state index >= 15 is 0 Å². The summed E-state index contributed by atoms with van der Waals surface area (Å²) in [5.41, 5.74) is 3.26. The summed E-state index contributed by atoms with van der Waals surface area (Å²) in [6, 6.07) is 11.9. The van der Waals surface area contributed by atoms with Gasteiger partial charge in [0.25, 0.3) is 0 Å². The lowest BCUT2D eigenvalue weighted by Gasteiger charge is -2.17. The number of carbonyl (C=O) groups is 1. The van der Waals surface area contributed by atoms with Gasteiger partial charge in [-0.15, -0.1) is 0 Å². The molecule has 0 saturated heterocycles. The molecule has 0 bridgehead atoms. The van der Waals surface area contributed by atoms with E-state index in [9.17, 15) is 4.79 Å². The van der Waals surface area contributed by atoms with Crippen LogP contribution in [0.2, 0.25) is 0 Å². The lowest BCUT2D eigenvalue weighted by molar-refractivity contribution is 0.101. The minimum Gasteiger partial charge on any atom is -0.367 e. The molecule has 0 unspecified atom stereocenters. The Hall–Kier alpha value is -2.93. The van der Waals surface area contributed by atoms with E-state index in [1.54, 1.807) is 6.92 Å². The third-order valence-electron chi connectivity index (χ3n) is 4.89. The third-order valence-corrected chi connectivity index (χ3v) is 4.89. The molecular formula is C28H48N6O. The van der Waals surface area contributed by atoms with Gasteiger partial charge in [0.2, 0.25) is 5.95 Å². The summed E-state index contributed by atoms with van der Waals surface area (Å²) in [5.74, 6) is 1.66. The average molecular weight is 485 g/mol. The number of Topliss-reactive ketones (excluding diaryl/α,β-unsaturated/α-hetero) is 1. The number of imidazole rings is 1. The molecule has 0 aliphatic carbocycles. The molecule has 0 amide bonds. The van der Waals surface area contributed by atoms with Gasteiger partial charge in [0.1, 0.15) is 11.3 Å². The van der Waals surface area contributed by atoms with Crippen molar-refractivity contribution in [2.75, 3.05) is 24.7 Å². The Bertz CT molecular complexity index is 959. The third kappa shape index (κ3) is 10.5. The monoisotopic (exact) mass is 484 g/mol. The first-order valence-electron chi connectivity index (χ1n) is 13.0. The van der Waals surface area contributed by atoms with Crippen molar-refractivity contribution in [3.05, 3.63) is 42.0 Å². The van der Waals surface area contributed by atoms with Crippen LogP contribution in [0, 0.1) is 0 Å². The molecule has 0 atom stereocenters. The van der Waals surface area contributed by atoms with Gasteiger partial charge in [0.05, 0.1) is 0 Å². The van der Waals surface area contributed by atoms with Crippen LogP contribution >= 0.6 is 0 Å². The molecule has 196 valence electrons. The number of nitrogens with one attached hydrogen (secondary N) is 3. The number of pyridine rings is 1. The van der Waals surface area contributed by atoms with Crippen molar-refractivity contribution in [2.45, 2.75) is 80.2 Å². The number of aromatic nitrogens is 3. The van der Waals surface area contributed by atoms with Crippen LogP contribution in [-0.4, -0.2) is 40.5 Å². The first-order valence-corrected chi connectivity index (χ1v) is 13.0. The Balaban J connectivity index is 0.00000150. The smallest absolute Gasteiger partial charge is 0.209 e. The standard InChI is InChI=1S/C22H29N5O.C2H7N.2C2H6/c1-5-7-17(8-6-2)23-20-14-13-19-21(26-20)27(4)22(25-19)24-18-11-9-16(10-12-18)15(3)28;1-3-2;2*1-2/h9-14,17H,5-8H2,1-4H3,(H,23,26)(H,24,25);3H,1-2H3;2*1-2H3. The van der Waals surface area contributed by atoms with Crippen molar-refractivity contribution in [3.63, 3.8) is 0 Å². The highest BCUT2D eigenvalue weighted by molar-refractivity contribution is 5.94. The number of benzene rings is 1. The number of aryl methyl sites for hydroxylation is 1. The summed E-state index contributed by atoms with van der Waals surface area (Å²) in [6.45, 7) is 14.0. The fraction of sp³-hybridized carbons (Fsp3) is 0.536. The number of anilines is 3. The van der Waals surface area contributed by atoms with Crippen molar-refractivity contribution in [1.82, 2.24) is 19.9 Å². The minimum atomic E-state index is 0.0583. The minimum absolute atomic E-state index is 0.0583. The van der Waals surface area contributed by atoms with Crippen LogP contribution in [0.5, 0.6) is 0 Å². The first kappa shape index (κ1) is 32.1. The summed E-state index contributed by atoms with van der Waals surface area (Å²) in [7, 11) is 5.70. The van der Waals surface area contributed by atoms with Gasteiger partial charge in [-0.3, -0.25) is 9.36 Å². The number of ketones is 1. The number of hydrogen-bond donors (Lipinski definition) is 3. The van der Waals surface area contributed by atoms with Crippen molar-refractivity contribution < 1.29 is 4.79 Å². The maximum Gasteiger partial charge on any atom is 0.209 e. The van der Waals surface area contributed by atoms with Crippen LogP contribution in [0.1, 0.15) is 84.5 Å². The molecule has 0 saturated carbocycles. The molecule has 3 aromatic rings. The topological polar surface area (TPSA) is 83.9 Å². The fourth-order valence-electron chi connectivity index (χ4n) is 3.37. The van der Waals surface area contributed by atoms with Gasteiger partial charge >= 0.3 is 0 Å². The average Bonchev–Trinajstić information content (AvgIpc) is 3.17. The highest BCUT2D eigenvalue weighted by Crippen LogP contribution is 2.23. The van der Waals surface area contributed by atoms with Crippen LogP contribution in [0.15, 0.2) is 36.4 Å². The van der Waals surface area contributed by atoms with Gasteiger partial charge in [-0.05, 0) is 70.3 Å². The van der Waals surface area contributed by atoms with Crippen molar-refractivity contribution in [1.29, 1.82) is 0 Å². The molecule has 2 heterocycles. The number of hydrogen-bond acceptors (Lipinski definition) is 6. The van der Waals surface area contributed by atoms with Crippen LogP contribution in [0.3, 0.4) is 0 Å². The molecule has 0 aliphatic rings. The number of carbonyl (C=O) groups excluding carboxylic acids is 1. The molecule has 7 nitrogen and oxygen atoms in total. The molecule has 0 fully saturated rings. The lowest BCUT2D eigenvalue weighted by atomic mass is 10.1. The number of nitrogens with zero attached hydrogens (tertiary/aromatic N) is 3. The van der Waals surface area contributed by atoms with Gasteiger partial charge in [-0.25, -0.2) is 9.97 Å². The Labute approximate surface area is 213 Å². The van der Waals surface area contributed by atoms with Gasteiger partial charge in [-0.1, -0.05) is 54.4 Å². The highest BCUT2D eigenvalue weighted by atomic mass is 16.1. The second-order valence-corrected chi connectivity index (χ2v) is 7.71. The molecule has 0 radical (unpaired) electrons. The molecule has 2 aromatic heterocycles. The summed E-state index contributed by atoms with van der Waals surface area (Å²) in [5, 5.41) is 9.63. The summed E-state index contributed by atoms with van der Waals surface area (Å²) >= 11 is 0. The Kier molecular flexibility index (Phi) is 16.9. The van der Waals surface area contributed by atoms with Crippen molar-refractivity contribution in [2.24, 2.45) is 7.05 Å². The number of fused-ring (bicyclic) bond motifs is 1. The predicted octanol–water partition coefficient (Wildman–Crippen LogP) is 7.18. The van der Waals surface area contributed by atoms with Gasteiger partial charge < -0.3 is 16.0 Å². The van der Waals surface area contributed by atoms with Crippen LogP contribution in [0.25, 0.3) is 11.2 Å². The lowest BCUT2D eigenvalue weighted by Crippen LogP contribution is -2.19. The Morgan fingerprint density at radius 3 is 1.94 bits per heavy atom. The summed E-state index contributed by atoms with van der Waals surface area (Å²) in [6.07, 6.45) is 4.59. The van der Waals surface area contributed by atoms with Gasteiger partial charge in [-0.2, -0.15) is 0 Å². The van der Waals surface area contributed by atoms with Crippen LogP contribution < -0.4 is 16.0 Å². The zero-order valence-corrected chi connectivity index (χ0v) is 23.6. The number of rotatable bonds is 9. The molecule has 3 N–H and O–H groups in total. The molecule has 1 aromatic carbocycles. The zero-order valence-electron chi connectivity index (χ0n) is 23.6. The first-order chi connectivity index (χ1) is 16.9. The highest BCUT2D eigenvalue weighted by Gasteiger charge is 2.12. The van der Waals surface area contributed by atoms with E-state index in [-0.39, 0.29) is 5.78 Å². The molecule has 35 heavy (non-hydrogen) atoms. The second kappa shape index (κ2) is 18.4. The van der Waals surface area contributed by atoms with E-state index in [0.29, 0.717) is 17.6 Å². The van der Waals surface area contributed by atoms with E-state index in [1.165, 1.54) is 0 Å². The van der Waals surface area contributed by atoms with Crippen molar-refractivity contribution in [3.8, 4) is 0 Å². The molecule has 0 aliphatic heterocycles. The SMILES string of the molecule is CC.CC.CCCC(CCC)Nc1ccc2nc(Nc3ccc(C(C)=O)cc3)n(C)c2n1.CNC. The van der Waals surface area contributed by atoms with E-state index < -0.39 is 0 Å². The predicted molar refractivity (Wildman–Crippen MR) is 153 cm³/mol. The van der Waals surface area contributed by atoms with Gasteiger partial charge in [0.15, 0.2) is 11.4 Å². The second-order valence-electron chi connectivity index (χ2n) is 7.71. The largest absolute Gasteiger partial charge is 0.367 e. The fourth-order valence-corrected chi connectivity index (χ4v) is 3.37. The molecule has 0 spiro atoms. The molecular weight excluding hydrogens is 436 g/mol. The van der Waals surface area contributed by atoms with Crippen LogP contribution in [-0.2, 0) is 7.05 Å². The van der Waals surface area contributed by atoms with Crippen molar-refractivity contribution >= 4 is 34.4 Å². The van der Waals surface area contributed by atoms with Crippen LogP contribution in [0.4, 0.5) is 17.5 Å². The van der Waals surface area contributed by atoms with E-state index in [4.69, 9.17) is 4.98 Å². The quantitative estimate of drug-likeness (QED) is 0.279. The summed E-state index contributed by atoms with van der Waals surface area (Å²) in [4.78, 5) is 20.9. The Morgan fingerprint density at radius 1 is 0.914 bits per heavy atom. The molecule has 3 rings (SSSR count). The van der Waals surface area contributed by atoms with E-state index in [1.807, 2.05) is 89.8 Å². The van der Waals surface area contributed by atoms with E-state index in [2.05, 4.69) is 34.8 Å². The maximum atomic E-state index is 11.4. The zero-order chi connectivity index (χ0) is 26.8. The maximum absolute atomic E-state index is 11.4. The van der Waals surface area contributed by atoms with Gasteiger partial charge in [0, 0.05) is 24.3 Å². The molecule has 7 heteroatoms. The summed E-state index contributed by atoms with van der Waals surface area (Å²) < 4.78 is 1.95. The normalized spacial score (nSPS) is 9.80. The van der Waals surface area contributed by atoms with E-state index in [0.717, 1.165) is 48.4 Å². The Morgan fingerprint density at radius 2 is 1.46 bits per heavy atom.